The van der Waals surface area contributed by atoms with Crippen molar-refractivity contribution in [2.45, 2.75) is 12.5 Å². The van der Waals surface area contributed by atoms with Crippen LogP contribution in [-0.4, -0.2) is 22.5 Å². The first kappa shape index (κ1) is 10.7. The highest BCUT2D eigenvalue weighted by Crippen LogP contribution is 2.18. The third-order valence-corrected chi connectivity index (χ3v) is 2.75. The molecule has 0 aromatic carbocycles. The van der Waals surface area contributed by atoms with Gasteiger partial charge in [-0.15, -0.1) is 6.58 Å². The van der Waals surface area contributed by atoms with Crippen LogP contribution in [0.4, 0.5) is 0 Å². The minimum Gasteiger partial charge on any atom is -0.361 e. The van der Waals surface area contributed by atoms with Crippen LogP contribution in [0, 0.1) is 0 Å². The number of aromatic nitrogens is 1. The van der Waals surface area contributed by atoms with Crippen LogP contribution in [0.5, 0.6) is 0 Å². The number of pyridine rings is 1. The van der Waals surface area contributed by atoms with Crippen molar-refractivity contribution in [3.63, 3.8) is 0 Å². The Morgan fingerprint density at radius 2 is 2.44 bits per heavy atom. The Kier molecular flexibility index (Phi) is 3.20. The summed E-state index contributed by atoms with van der Waals surface area (Å²) in [7, 11) is 0. The Balaban J connectivity index is 2.01. The Morgan fingerprint density at radius 3 is 3.12 bits per heavy atom. The van der Waals surface area contributed by atoms with E-state index in [2.05, 4.69) is 35.2 Å². The van der Waals surface area contributed by atoms with E-state index in [1.807, 2.05) is 30.5 Å². The van der Waals surface area contributed by atoms with Gasteiger partial charge in [-0.3, -0.25) is 4.98 Å². The topological polar surface area (TPSA) is 16.1 Å². The first-order valence-electron chi connectivity index (χ1n) is 5.45. The van der Waals surface area contributed by atoms with E-state index >= 15 is 0 Å². The highest BCUT2D eigenvalue weighted by atomic mass is 15.2. The number of hydrogen-bond donors (Lipinski definition) is 0. The fraction of sp³-hybridized carbons (Fsp3) is 0.214. The average Bonchev–Trinajstić information content (AvgIpc) is 2.78. The summed E-state index contributed by atoms with van der Waals surface area (Å²) >= 11 is 0. The Labute approximate surface area is 96.6 Å². The lowest BCUT2D eigenvalue weighted by Gasteiger charge is -2.26. The fourth-order valence-electron chi connectivity index (χ4n) is 1.90. The van der Waals surface area contributed by atoms with E-state index in [0.717, 1.165) is 24.4 Å². The summed E-state index contributed by atoms with van der Waals surface area (Å²) in [6.07, 6.45) is 8.85. The van der Waals surface area contributed by atoms with Crippen molar-refractivity contribution in [3.05, 3.63) is 67.2 Å². The van der Waals surface area contributed by atoms with Crippen LogP contribution in [-0.2, 0) is 6.42 Å². The van der Waals surface area contributed by atoms with Crippen LogP contribution in [0.25, 0.3) is 0 Å². The van der Waals surface area contributed by atoms with E-state index in [9.17, 15) is 0 Å². The van der Waals surface area contributed by atoms with Crippen LogP contribution in [0.3, 0.4) is 0 Å². The van der Waals surface area contributed by atoms with Gasteiger partial charge in [0.05, 0.1) is 6.04 Å². The van der Waals surface area contributed by atoms with Crippen molar-refractivity contribution in [1.82, 2.24) is 9.88 Å². The van der Waals surface area contributed by atoms with E-state index in [-0.39, 0.29) is 6.04 Å². The first-order valence-corrected chi connectivity index (χ1v) is 5.45. The van der Waals surface area contributed by atoms with Gasteiger partial charge in [0.15, 0.2) is 0 Å². The van der Waals surface area contributed by atoms with E-state index in [0.29, 0.717) is 0 Å². The van der Waals surface area contributed by atoms with Gasteiger partial charge < -0.3 is 4.90 Å². The van der Waals surface area contributed by atoms with Crippen LogP contribution in [0.2, 0.25) is 0 Å². The van der Waals surface area contributed by atoms with Crippen molar-refractivity contribution >= 4 is 0 Å². The molecule has 2 heterocycles. The summed E-state index contributed by atoms with van der Waals surface area (Å²) in [6.45, 7) is 8.88. The molecule has 0 spiro atoms. The van der Waals surface area contributed by atoms with Gasteiger partial charge in [0.2, 0.25) is 0 Å². The molecule has 1 aliphatic rings. The lowest BCUT2D eigenvalue weighted by atomic mass is 10.2. The zero-order valence-corrected chi connectivity index (χ0v) is 9.34. The molecule has 0 amide bonds. The second-order valence-electron chi connectivity index (χ2n) is 3.87. The Bertz CT molecular complexity index is 406. The lowest BCUT2D eigenvalue weighted by Crippen LogP contribution is -2.28. The zero-order valence-electron chi connectivity index (χ0n) is 9.34. The molecule has 1 aliphatic heterocycles. The maximum atomic E-state index is 4.31. The van der Waals surface area contributed by atoms with Crippen molar-refractivity contribution in [2.75, 3.05) is 6.54 Å². The molecule has 2 heteroatoms. The summed E-state index contributed by atoms with van der Waals surface area (Å²) in [5.41, 5.74) is 2.15. The molecular weight excluding hydrogens is 196 g/mol. The third-order valence-electron chi connectivity index (χ3n) is 2.75. The minimum absolute atomic E-state index is 0.288. The number of rotatable bonds is 4. The SMILES string of the molecule is C=C[C@@H]1C=CCN1C(=C)Cc1ccccn1. The summed E-state index contributed by atoms with van der Waals surface area (Å²) < 4.78 is 0. The highest BCUT2D eigenvalue weighted by molar-refractivity contribution is 5.20. The van der Waals surface area contributed by atoms with Crippen LogP contribution in [0.15, 0.2) is 61.5 Å². The van der Waals surface area contributed by atoms with Crippen molar-refractivity contribution in [3.8, 4) is 0 Å². The Hall–Kier alpha value is -1.83. The molecule has 0 N–H and O–H groups in total. The third kappa shape index (κ3) is 2.22. The molecule has 1 atom stereocenters. The normalized spacial score (nSPS) is 18.8. The molecule has 0 bridgehead atoms. The van der Waals surface area contributed by atoms with Gasteiger partial charge in [-0.1, -0.05) is 30.9 Å². The predicted molar refractivity (Wildman–Crippen MR) is 66.9 cm³/mol. The van der Waals surface area contributed by atoms with Gasteiger partial charge in [-0.2, -0.15) is 0 Å². The summed E-state index contributed by atoms with van der Waals surface area (Å²) in [5, 5.41) is 0. The molecule has 1 aromatic rings. The lowest BCUT2D eigenvalue weighted by molar-refractivity contribution is 0.379. The second kappa shape index (κ2) is 4.79. The molecule has 16 heavy (non-hydrogen) atoms. The first-order chi connectivity index (χ1) is 7.81. The maximum absolute atomic E-state index is 4.31. The van der Waals surface area contributed by atoms with Gasteiger partial charge in [-0.05, 0) is 12.1 Å². The molecule has 2 nitrogen and oxygen atoms in total. The van der Waals surface area contributed by atoms with Gasteiger partial charge in [0.1, 0.15) is 0 Å². The molecule has 0 fully saturated rings. The van der Waals surface area contributed by atoms with Crippen molar-refractivity contribution in [1.29, 1.82) is 0 Å². The Morgan fingerprint density at radius 1 is 1.56 bits per heavy atom. The zero-order chi connectivity index (χ0) is 11.4. The second-order valence-corrected chi connectivity index (χ2v) is 3.87. The largest absolute Gasteiger partial charge is 0.361 e. The van der Waals surface area contributed by atoms with Crippen molar-refractivity contribution in [2.24, 2.45) is 0 Å². The average molecular weight is 212 g/mol. The number of allylic oxidation sites excluding steroid dienone is 1. The van der Waals surface area contributed by atoms with E-state index in [1.165, 1.54) is 0 Å². The molecule has 0 saturated heterocycles. The molecular formula is C14H16N2. The summed E-state index contributed by atoms with van der Waals surface area (Å²) in [4.78, 5) is 6.55. The highest BCUT2D eigenvalue weighted by Gasteiger charge is 2.17. The quantitative estimate of drug-likeness (QED) is 0.713. The molecule has 0 unspecified atom stereocenters. The van der Waals surface area contributed by atoms with Gasteiger partial charge >= 0.3 is 0 Å². The van der Waals surface area contributed by atoms with E-state index < -0.39 is 0 Å². The molecule has 0 radical (unpaired) electrons. The standard InChI is InChI=1S/C14H16N2/c1-3-14-8-6-10-16(14)12(2)11-13-7-4-5-9-15-13/h3-9,14H,1-2,10-11H2/t14-/m1/s1. The summed E-state index contributed by atoms with van der Waals surface area (Å²) in [6, 6.07) is 6.24. The molecule has 2 rings (SSSR count). The molecule has 0 saturated carbocycles. The summed E-state index contributed by atoms with van der Waals surface area (Å²) in [5.74, 6) is 0. The van der Waals surface area contributed by atoms with Gasteiger partial charge in [0, 0.05) is 30.6 Å². The van der Waals surface area contributed by atoms with E-state index in [4.69, 9.17) is 0 Å². The number of nitrogens with zero attached hydrogens (tertiary/aromatic N) is 2. The fourth-order valence-corrected chi connectivity index (χ4v) is 1.90. The van der Waals surface area contributed by atoms with Crippen molar-refractivity contribution < 1.29 is 0 Å². The maximum Gasteiger partial charge on any atom is 0.0655 e. The van der Waals surface area contributed by atoms with Crippen LogP contribution < -0.4 is 0 Å². The van der Waals surface area contributed by atoms with Gasteiger partial charge in [-0.25, -0.2) is 0 Å². The van der Waals surface area contributed by atoms with Crippen LogP contribution in [0.1, 0.15) is 5.69 Å². The molecule has 0 aliphatic carbocycles. The minimum atomic E-state index is 0.288. The van der Waals surface area contributed by atoms with E-state index in [1.54, 1.807) is 0 Å². The van der Waals surface area contributed by atoms with Gasteiger partial charge in [0.25, 0.3) is 0 Å². The molecule has 82 valence electrons. The van der Waals surface area contributed by atoms with Crippen LogP contribution >= 0.6 is 0 Å². The monoisotopic (exact) mass is 212 g/mol. The molecule has 1 aromatic heterocycles. The number of hydrogen-bond acceptors (Lipinski definition) is 2. The predicted octanol–water partition coefficient (Wildman–Crippen LogP) is 2.56. The smallest absolute Gasteiger partial charge is 0.0655 e.